The molecule has 1 aromatic carbocycles. The fraction of sp³-hybridized carbons (Fsp3) is 0.455. The molecule has 0 aliphatic carbocycles. The predicted molar refractivity (Wildman–Crippen MR) is 117 cm³/mol. The summed E-state index contributed by atoms with van der Waals surface area (Å²) >= 11 is 0. The van der Waals surface area contributed by atoms with Gasteiger partial charge in [0.2, 0.25) is 11.8 Å². The maximum absolute atomic E-state index is 15.2. The summed E-state index contributed by atoms with van der Waals surface area (Å²) in [7, 11) is 1.57. The Bertz CT molecular complexity index is 1040. The topological polar surface area (TPSA) is 84.5 Å². The maximum Gasteiger partial charge on any atom is 0.232 e. The molecular formula is C22H28FN5O3. The van der Waals surface area contributed by atoms with Crippen LogP contribution in [0.4, 0.5) is 16.0 Å². The van der Waals surface area contributed by atoms with E-state index in [0.717, 1.165) is 24.9 Å². The first kappa shape index (κ1) is 21.3. The minimum atomic E-state index is -0.298. The van der Waals surface area contributed by atoms with Crippen molar-refractivity contribution >= 4 is 22.7 Å². The molecule has 9 heteroatoms. The molecule has 8 nitrogen and oxygen atoms in total. The van der Waals surface area contributed by atoms with Gasteiger partial charge in [0.15, 0.2) is 0 Å². The molecule has 0 amide bonds. The van der Waals surface area contributed by atoms with Gasteiger partial charge in [-0.05, 0) is 25.5 Å². The molecule has 1 saturated heterocycles. The molecule has 2 N–H and O–H groups in total. The normalized spacial score (nSPS) is 15.7. The first-order valence-electron chi connectivity index (χ1n) is 10.6. The van der Waals surface area contributed by atoms with Gasteiger partial charge in [-0.1, -0.05) is 6.92 Å². The van der Waals surface area contributed by atoms with Crippen LogP contribution in [0, 0.1) is 5.82 Å². The molecule has 2 aromatic heterocycles. The number of morpholine rings is 1. The Balaban J connectivity index is 1.66. The summed E-state index contributed by atoms with van der Waals surface area (Å²) in [5.74, 6) is 0.985. The van der Waals surface area contributed by atoms with E-state index in [2.05, 4.69) is 32.1 Å². The van der Waals surface area contributed by atoms with Gasteiger partial charge in [-0.3, -0.25) is 4.90 Å². The van der Waals surface area contributed by atoms with Gasteiger partial charge in [0, 0.05) is 37.0 Å². The van der Waals surface area contributed by atoms with Crippen molar-refractivity contribution in [3.05, 3.63) is 35.8 Å². The van der Waals surface area contributed by atoms with Gasteiger partial charge in [0.25, 0.3) is 0 Å². The van der Waals surface area contributed by atoms with Crippen molar-refractivity contribution in [1.82, 2.24) is 19.9 Å². The minimum Gasteiger partial charge on any atom is -0.495 e. The quantitative estimate of drug-likeness (QED) is 0.559. The largest absolute Gasteiger partial charge is 0.495 e. The lowest BCUT2D eigenvalue weighted by Crippen LogP contribution is -2.39. The van der Waals surface area contributed by atoms with Gasteiger partial charge in [0.05, 0.1) is 38.0 Å². The van der Waals surface area contributed by atoms with Gasteiger partial charge in [-0.25, -0.2) is 4.39 Å². The van der Waals surface area contributed by atoms with Crippen molar-refractivity contribution in [3.8, 4) is 11.6 Å². The second-order valence-electron chi connectivity index (χ2n) is 7.30. The molecule has 1 aliphatic rings. The van der Waals surface area contributed by atoms with E-state index in [-0.39, 0.29) is 11.9 Å². The highest BCUT2D eigenvalue weighted by Crippen LogP contribution is 2.36. The molecule has 0 bridgehead atoms. The van der Waals surface area contributed by atoms with Crippen LogP contribution in [0.2, 0.25) is 0 Å². The van der Waals surface area contributed by atoms with Crippen LogP contribution < -0.4 is 14.8 Å². The van der Waals surface area contributed by atoms with E-state index in [1.807, 2.05) is 13.0 Å². The average molecular weight is 429 g/mol. The second kappa shape index (κ2) is 9.49. The van der Waals surface area contributed by atoms with Crippen molar-refractivity contribution in [3.63, 3.8) is 0 Å². The smallest absolute Gasteiger partial charge is 0.232 e. The summed E-state index contributed by atoms with van der Waals surface area (Å²) in [6.07, 6.45) is 2.56. The van der Waals surface area contributed by atoms with Crippen molar-refractivity contribution < 1.29 is 18.6 Å². The van der Waals surface area contributed by atoms with Gasteiger partial charge < -0.3 is 24.5 Å². The third-order valence-electron chi connectivity index (χ3n) is 5.46. The zero-order valence-corrected chi connectivity index (χ0v) is 18.1. The lowest BCUT2D eigenvalue weighted by molar-refractivity contribution is 0.0145. The lowest BCUT2D eigenvalue weighted by Gasteiger charge is -2.34. The number of ether oxygens (including phenoxy) is 3. The van der Waals surface area contributed by atoms with Crippen LogP contribution in [0.25, 0.3) is 11.0 Å². The Labute approximate surface area is 180 Å². The number of benzene rings is 1. The van der Waals surface area contributed by atoms with E-state index in [1.165, 1.54) is 6.07 Å². The van der Waals surface area contributed by atoms with E-state index in [4.69, 9.17) is 14.2 Å². The molecule has 1 fully saturated rings. The van der Waals surface area contributed by atoms with Crippen LogP contribution in [0.1, 0.15) is 31.9 Å². The fourth-order valence-corrected chi connectivity index (χ4v) is 3.99. The molecule has 4 rings (SSSR count). The van der Waals surface area contributed by atoms with Crippen LogP contribution in [-0.4, -0.2) is 59.9 Å². The van der Waals surface area contributed by atoms with Crippen LogP contribution in [-0.2, 0) is 4.74 Å². The summed E-state index contributed by atoms with van der Waals surface area (Å²) in [5, 5.41) is 3.88. The van der Waals surface area contributed by atoms with E-state index in [9.17, 15) is 0 Å². The molecule has 0 radical (unpaired) electrons. The van der Waals surface area contributed by atoms with Gasteiger partial charge in [-0.15, -0.1) is 0 Å². The van der Waals surface area contributed by atoms with Crippen LogP contribution in [0.3, 0.4) is 0 Å². The number of anilines is 2. The van der Waals surface area contributed by atoms with Crippen molar-refractivity contribution in [2.75, 3.05) is 45.3 Å². The first-order valence-corrected chi connectivity index (χ1v) is 10.6. The summed E-state index contributed by atoms with van der Waals surface area (Å²) in [4.78, 5) is 14.2. The first-order chi connectivity index (χ1) is 15.1. The SMILES string of the molecule is CCOc1nc(Nc2cc(F)c([C@@H](CC)N3CCOCC3)cc2OC)nc2[nH]ccc12. The molecule has 0 saturated carbocycles. The highest BCUT2D eigenvalue weighted by molar-refractivity contribution is 5.82. The zero-order chi connectivity index (χ0) is 21.8. The Morgan fingerprint density at radius 3 is 2.77 bits per heavy atom. The molecule has 166 valence electrons. The number of methoxy groups -OCH3 is 1. The molecule has 31 heavy (non-hydrogen) atoms. The number of halogens is 1. The summed E-state index contributed by atoms with van der Waals surface area (Å²) in [6.45, 7) is 7.32. The molecule has 0 spiro atoms. The third kappa shape index (κ3) is 4.42. The molecule has 3 heterocycles. The average Bonchev–Trinajstić information content (AvgIpc) is 3.25. The number of hydrogen-bond acceptors (Lipinski definition) is 7. The summed E-state index contributed by atoms with van der Waals surface area (Å²) in [6, 6.07) is 5.02. The van der Waals surface area contributed by atoms with Crippen molar-refractivity contribution in [2.45, 2.75) is 26.3 Å². The van der Waals surface area contributed by atoms with Gasteiger partial charge in [-0.2, -0.15) is 9.97 Å². The third-order valence-corrected chi connectivity index (χ3v) is 5.46. The predicted octanol–water partition coefficient (Wildman–Crippen LogP) is 4.03. The zero-order valence-electron chi connectivity index (χ0n) is 18.1. The monoisotopic (exact) mass is 429 g/mol. The molecule has 3 aromatic rings. The van der Waals surface area contributed by atoms with Crippen LogP contribution in [0.15, 0.2) is 24.4 Å². The Morgan fingerprint density at radius 2 is 2.06 bits per heavy atom. The number of nitrogens with zero attached hydrogens (tertiary/aromatic N) is 3. The standard InChI is InChI=1S/C22H28FN5O3/c1-4-18(28-8-10-30-11-9-28)15-12-19(29-3)17(13-16(15)23)25-22-26-20-14(6-7-24-20)21(27-22)31-5-2/h6-7,12-13,18H,4-5,8-11H2,1-3H3,(H2,24,25,26,27)/t18-/m1/s1. The van der Waals surface area contributed by atoms with E-state index in [0.29, 0.717) is 54.3 Å². The minimum absolute atomic E-state index is 0.0390. The Hall–Kier alpha value is -2.91. The number of hydrogen-bond donors (Lipinski definition) is 2. The number of rotatable bonds is 8. The number of nitrogens with one attached hydrogen (secondary N) is 2. The van der Waals surface area contributed by atoms with Gasteiger partial charge in [0.1, 0.15) is 17.2 Å². The second-order valence-corrected chi connectivity index (χ2v) is 7.30. The lowest BCUT2D eigenvalue weighted by atomic mass is 10.0. The van der Waals surface area contributed by atoms with Gasteiger partial charge >= 0.3 is 0 Å². The number of aromatic nitrogens is 3. The highest BCUT2D eigenvalue weighted by atomic mass is 19.1. The molecular weight excluding hydrogens is 401 g/mol. The molecule has 0 unspecified atom stereocenters. The Morgan fingerprint density at radius 1 is 1.26 bits per heavy atom. The van der Waals surface area contributed by atoms with Crippen LogP contribution in [0.5, 0.6) is 11.6 Å². The summed E-state index contributed by atoms with van der Waals surface area (Å²) < 4.78 is 31.9. The van der Waals surface area contributed by atoms with E-state index < -0.39 is 0 Å². The summed E-state index contributed by atoms with van der Waals surface area (Å²) in [5.41, 5.74) is 1.70. The number of fused-ring (bicyclic) bond motifs is 1. The highest BCUT2D eigenvalue weighted by Gasteiger charge is 2.25. The fourth-order valence-electron chi connectivity index (χ4n) is 3.99. The van der Waals surface area contributed by atoms with Crippen LogP contribution >= 0.6 is 0 Å². The Kier molecular flexibility index (Phi) is 6.53. The van der Waals surface area contributed by atoms with Crippen molar-refractivity contribution in [2.24, 2.45) is 0 Å². The van der Waals surface area contributed by atoms with E-state index >= 15 is 4.39 Å². The maximum atomic E-state index is 15.2. The number of aromatic amines is 1. The van der Waals surface area contributed by atoms with Crippen molar-refractivity contribution in [1.29, 1.82) is 0 Å². The van der Waals surface area contributed by atoms with E-state index in [1.54, 1.807) is 19.4 Å². The number of H-pyrrole nitrogens is 1. The molecule has 1 aliphatic heterocycles. The molecule has 1 atom stereocenters.